The molecule has 0 N–H and O–H groups in total. The van der Waals surface area contributed by atoms with Gasteiger partial charge in [0.1, 0.15) is 0 Å². The van der Waals surface area contributed by atoms with Crippen molar-refractivity contribution in [3.8, 4) is 0 Å². The molecule has 4 nitrogen and oxygen atoms in total. The Morgan fingerprint density at radius 1 is 1.00 bits per heavy atom. The lowest BCUT2D eigenvalue weighted by Gasteiger charge is -2.05. The Bertz CT molecular complexity index is 1130. The first-order valence-electron chi connectivity index (χ1n) is 9.58. The molecule has 0 amide bonds. The quantitative estimate of drug-likeness (QED) is 0.263. The van der Waals surface area contributed by atoms with E-state index in [0.29, 0.717) is 0 Å². The van der Waals surface area contributed by atoms with Crippen LogP contribution in [0.5, 0.6) is 0 Å². The Labute approximate surface area is 179 Å². The molecule has 0 unspecified atom stereocenters. The first-order chi connectivity index (χ1) is 14.2. The normalized spacial score (nSPS) is 11.5. The molecule has 4 rings (SSSR count). The van der Waals surface area contributed by atoms with Gasteiger partial charge < -0.3 is 0 Å². The second kappa shape index (κ2) is 9.25. The zero-order chi connectivity index (χ0) is 20.1. The monoisotopic (exact) mass is 420 g/mol. The molecule has 146 valence electrons. The lowest BCUT2D eigenvalue weighted by molar-refractivity contribution is 0.700. The molecule has 0 spiro atoms. The van der Waals surface area contributed by atoms with Gasteiger partial charge in [-0.05, 0) is 34.9 Å². The zero-order valence-electron chi connectivity index (χ0n) is 16.1. The van der Waals surface area contributed by atoms with Gasteiger partial charge in [0.05, 0.1) is 6.21 Å². The largest absolute Gasteiger partial charge is 0.212 e. The van der Waals surface area contributed by atoms with Crippen LogP contribution in [0, 0.1) is 0 Å². The van der Waals surface area contributed by atoms with Crippen molar-refractivity contribution in [2.45, 2.75) is 30.7 Å². The molecule has 6 heteroatoms. The third kappa shape index (κ3) is 4.69. The van der Waals surface area contributed by atoms with Gasteiger partial charge in [-0.3, -0.25) is 0 Å². The van der Waals surface area contributed by atoms with E-state index in [1.165, 1.54) is 16.3 Å². The fraction of sp³-hybridized carbons (Fsp3) is 0.174. The number of benzene rings is 3. The van der Waals surface area contributed by atoms with Crippen molar-refractivity contribution < 1.29 is 0 Å². The van der Waals surface area contributed by atoms with Gasteiger partial charge >= 0.3 is 0 Å². The highest BCUT2D eigenvalue weighted by atomic mass is 35.5. The van der Waals surface area contributed by atoms with E-state index in [9.17, 15) is 0 Å². The summed E-state index contributed by atoms with van der Waals surface area (Å²) in [5.74, 6) is 1.66. The van der Waals surface area contributed by atoms with E-state index in [-0.39, 0.29) is 0 Å². The highest BCUT2D eigenvalue weighted by Crippen LogP contribution is 2.24. The van der Waals surface area contributed by atoms with E-state index in [0.717, 1.165) is 40.2 Å². The van der Waals surface area contributed by atoms with Crippen molar-refractivity contribution in [1.29, 1.82) is 0 Å². The summed E-state index contributed by atoms with van der Waals surface area (Å²) in [5, 5.41) is 17.4. The van der Waals surface area contributed by atoms with E-state index < -0.39 is 0 Å². The van der Waals surface area contributed by atoms with Gasteiger partial charge in [0.15, 0.2) is 5.82 Å². The van der Waals surface area contributed by atoms with Crippen LogP contribution < -0.4 is 0 Å². The van der Waals surface area contributed by atoms with E-state index >= 15 is 0 Å². The SMILES string of the molecule is CCCc1nnc(SCc2ccc(Cl)cc2)n1/N=C\c1cccc2ccccc12. The number of hydrogen-bond donors (Lipinski definition) is 0. The molecule has 0 aliphatic rings. The topological polar surface area (TPSA) is 43.1 Å². The van der Waals surface area contributed by atoms with E-state index in [2.05, 4.69) is 47.5 Å². The highest BCUT2D eigenvalue weighted by Gasteiger charge is 2.12. The number of fused-ring (bicyclic) bond motifs is 1. The molecule has 3 aromatic carbocycles. The summed E-state index contributed by atoms with van der Waals surface area (Å²) in [6, 6.07) is 22.4. The Balaban J connectivity index is 1.62. The molecule has 29 heavy (non-hydrogen) atoms. The molecule has 0 radical (unpaired) electrons. The maximum absolute atomic E-state index is 5.98. The number of aromatic nitrogens is 3. The lowest BCUT2D eigenvalue weighted by Crippen LogP contribution is -2.00. The Hall–Kier alpha value is -2.63. The third-order valence-corrected chi connectivity index (χ3v) is 5.81. The number of thioether (sulfide) groups is 1. The second-order valence-corrected chi connectivity index (χ2v) is 8.07. The van der Waals surface area contributed by atoms with Crippen molar-refractivity contribution in [2.75, 3.05) is 0 Å². The predicted octanol–water partition coefficient (Wildman–Crippen LogP) is 6.21. The minimum Gasteiger partial charge on any atom is -0.191 e. The molecule has 1 heterocycles. The number of rotatable bonds is 7. The zero-order valence-corrected chi connectivity index (χ0v) is 17.7. The molecule has 0 saturated heterocycles. The first-order valence-corrected chi connectivity index (χ1v) is 10.9. The predicted molar refractivity (Wildman–Crippen MR) is 122 cm³/mol. The van der Waals surface area contributed by atoms with E-state index in [1.807, 2.05) is 47.3 Å². The highest BCUT2D eigenvalue weighted by molar-refractivity contribution is 7.98. The Kier molecular flexibility index (Phi) is 6.27. The van der Waals surface area contributed by atoms with Gasteiger partial charge in [-0.2, -0.15) is 9.78 Å². The van der Waals surface area contributed by atoms with Crippen LogP contribution in [-0.4, -0.2) is 21.1 Å². The van der Waals surface area contributed by atoms with E-state index in [4.69, 9.17) is 16.7 Å². The average molecular weight is 421 g/mol. The first kappa shape index (κ1) is 19.7. The van der Waals surface area contributed by atoms with Crippen molar-refractivity contribution in [3.63, 3.8) is 0 Å². The maximum Gasteiger partial charge on any atom is 0.212 e. The van der Waals surface area contributed by atoms with Gasteiger partial charge in [-0.15, -0.1) is 10.2 Å². The van der Waals surface area contributed by atoms with Crippen LogP contribution in [0.4, 0.5) is 0 Å². The fourth-order valence-electron chi connectivity index (χ4n) is 3.09. The molecular formula is C23H21ClN4S. The molecule has 0 aliphatic carbocycles. The van der Waals surface area contributed by atoms with Crippen LogP contribution in [0.1, 0.15) is 30.3 Å². The van der Waals surface area contributed by atoms with Crippen molar-refractivity contribution in [2.24, 2.45) is 5.10 Å². The second-order valence-electron chi connectivity index (χ2n) is 6.69. The summed E-state index contributed by atoms with van der Waals surface area (Å²) in [5.41, 5.74) is 2.26. The molecule has 0 aliphatic heterocycles. The van der Waals surface area contributed by atoms with Gasteiger partial charge in [-0.25, -0.2) is 0 Å². The summed E-state index contributed by atoms with van der Waals surface area (Å²) < 4.78 is 1.87. The van der Waals surface area contributed by atoms with Crippen LogP contribution in [0.3, 0.4) is 0 Å². The number of halogens is 1. The van der Waals surface area contributed by atoms with Crippen molar-refractivity contribution >= 4 is 40.3 Å². The maximum atomic E-state index is 5.98. The van der Waals surface area contributed by atoms with Gasteiger partial charge in [0.2, 0.25) is 5.16 Å². The van der Waals surface area contributed by atoms with Crippen molar-refractivity contribution in [3.05, 3.63) is 88.7 Å². The minimum absolute atomic E-state index is 0.742. The van der Waals surface area contributed by atoms with Crippen LogP contribution in [0.25, 0.3) is 10.8 Å². The molecular weight excluding hydrogens is 400 g/mol. The summed E-state index contributed by atoms with van der Waals surface area (Å²) in [6.07, 6.45) is 3.72. The lowest BCUT2D eigenvalue weighted by atomic mass is 10.1. The molecule has 0 saturated carbocycles. The number of aryl methyl sites for hydroxylation is 1. The smallest absolute Gasteiger partial charge is 0.191 e. The van der Waals surface area contributed by atoms with Crippen LogP contribution in [0.15, 0.2) is 77.0 Å². The van der Waals surface area contributed by atoms with Gasteiger partial charge in [0, 0.05) is 22.8 Å². The molecule has 0 bridgehead atoms. The Morgan fingerprint density at radius 2 is 1.79 bits per heavy atom. The fourth-order valence-corrected chi connectivity index (χ4v) is 4.08. The van der Waals surface area contributed by atoms with Crippen LogP contribution in [0.2, 0.25) is 5.02 Å². The minimum atomic E-state index is 0.742. The number of nitrogens with zero attached hydrogens (tertiary/aromatic N) is 4. The third-order valence-electron chi connectivity index (χ3n) is 4.57. The Morgan fingerprint density at radius 3 is 2.62 bits per heavy atom. The van der Waals surface area contributed by atoms with E-state index in [1.54, 1.807) is 11.8 Å². The van der Waals surface area contributed by atoms with Crippen LogP contribution in [-0.2, 0) is 12.2 Å². The van der Waals surface area contributed by atoms with Crippen LogP contribution >= 0.6 is 23.4 Å². The average Bonchev–Trinajstić information content (AvgIpc) is 3.13. The summed E-state index contributed by atoms with van der Waals surface area (Å²) in [4.78, 5) is 0. The molecule has 0 atom stereocenters. The summed E-state index contributed by atoms with van der Waals surface area (Å²) in [7, 11) is 0. The number of hydrogen-bond acceptors (Lipinski definition) is 4. The standard InChI is InChI=1S/C23H21ClN4S/c1-2-6-22-26-27-23(29-16-17-11-13-20(24)14-12-17)28(22)25-15-19-9-5-8-18-7-3-4-10-21(18)19/h3-5,7-15H,2,6,16H2,1H3/b25-15-. The molecule has 0 fully saturated rings. The summed E-state index contributed by atoms with van der Waals surface area (Å²) >= 11 is 7.60. The molecule has 1 aromatic heterocycles. The van der Waals surface area contributed by atoms with Crippen molar-refractivity contribution in [1.82, 2.24) is 14.9 Å². The van der Waals surface area contributed by atoms with Gasteiger partial charge in [0.25, 0.3) is 0 Å². The molecule has 4 aromatic rings. The summed E-state index contributed by atoms with van der Waals surface area (Å²) in [6.45, 7) is 2.13. The van der Waals surface area contributed by atoms with Gasteiger partial charge in [-0.1, -0.05) is 84.9 Å².